The van der Waals surface area contributed by atoms with Crippen molar-refractivity contribution < 1.29 is 29.6 Å². The first-order chi connectivity index (χ1) is 18.8. The number of methoxy groups -OCH3 is 1. The van der Waals surface area contributed by atoms with Gasteiger partial charge in [-0.25, -0.2) is 0 Å². The van der Waals surface area contributed by atoms with Crippen molar-refractivity contribution in [2.24, 2.45) is 17.8 Å². The van der Waals surface area contributed by atoms with E-state index in [0.717, 1.165) is 33.3 Å². The van der Waals surface area contributed by atoms with Crippen LogP contribution in [0.3, 0.4) is 0 Å². The molecule has 4 atom stereocenters. The molecule has 210 valence electrons. The van der Waals surface area contributed by atoms with Gasteiger partial charge < -0.3 is 20.1 Å². The lowest BCUT2D eigenvalue weighted by Crippen LogP contribution is -2.39. The molecule has 3 N–H and O–H groups in total. The molecule has 1 saturated heterocycles. The number of thiophene rings is 1. The van der Waals surface area contributed by atoms with E-state index in [4.69, 9.17) is 4.74 Å². The highest BCUT2D eigenvalue weighted by Gasteiger charge is 2.54. The van der Waals surface area contributed by atoms with E-state index in [1.807, 2.05) is 29.7 Å². The number of phenols is 1. The minimum atomic E-state index is -0.904. The zero-order valence-corrected chi connectivity index (χ0v) is 24.7. The number of phenolic OH excluding ortho intramolecular Hbond substituents is 1. The Bertz CT molecular complexity index is 1240. The average molecular weight is 619 g/mol. The summed E-state index contributed by atoms with van der Waals surface area (Å²) in [5, 5.41) is 34.2. The summed E-state index contributed by atoms with van der Waals surface area (Å²) < 4.78 is 6.31. The van der Waals surface area contributed by atoms with Gasteiger partial charge in [0.1, 0.15) is 5.75 Å². The smallest absolute Gasteiger partial charge is 0.234 e. The lowest BCUT2D eigenvalue weighted by molar-refractivity contribution is -0.140. The van der Waals surface area contributed by atoms with E-state index in [-0.39, 0.29) is 37.3 Å². The van der Waals surface area contributed by atoms with Gasteiger partial charge in [0.25, 0.3) is 0 Å². The van der Waals surface area contributed by atoms with Gasteiger partial charge in [-0.2, -0.15) is 0 Å². The highest BCUT2D eigenvalue weighted by atomic mass is 79.9. The van der Waals surface area contributed by atoms with Crippen molar-refractivity contribution >= 4 is 45.2 Å². The summed E-state index contributed by atoms with van der Waals surface area (Å²) in [4.78, 5) is 29.1. The van der Waals surface area contributed by atoms with Crippen LogP contribution in [0.15, 0.2) is 56.9 Å². The summed E-state index contributed by atoms with van der Waals surface area (Å²) in [6.07, 6.45) is 4.07. The Morgan fingerprint density at radius 3 is 2.72 bits per heavy atom. The lowest BCUT2D eigenvalue weighted by Gasteiger charge is -2.36. The second-order valence-corrected chi connectivity index (χ2v) is 12.2. The molecule has 2 aromatic rings. The molecule has 39 heavy (non-hydrogen) atoms. The molecule has 1 aromatic heterocycles. The van der Waals surface area contributed by atoms with E-state index in [1.165, 1.54) is 16.2 Å². The van der Waals surface area contributed by atoms with E-state index in [0.29, 0.717) is 30.4 Å². The third-order valence-corrected chi connectivity index (χ3v) is 9.06. The number of aliphatic hydroxyl groups excluding tert-OH is 2. The standard InChI is InChI=1S/C30H36BrNO6S/c1-3-5-18(12-19-13-21(31)8-10-25(19)34)7-9-26(35)27-20(17-38-2)14-23-28(24(27)16-33)30(37)32(29(23)36)15-22-6-4-11-39-22/h4,6,8,10-13,23-24,26,28,33-35H,3,5,7,9,14-17H2,1-2H3/b18-12+/t23-,24+,26-,28-/m1/s1. The van der Waals surface area contributed by atoms with Gasteiger partial charge in [-0.1, -0.05) is 47.0 Å². The molecule has 7 nitrogen and oxygen atoms in total. The molecule has 0 bridgehead atoms. The molecule has 0 spiro atoms. The number of benzene rings is 1. The normalized spacial score (nSPS) is 22.5. The summed E-state index contributed by atoms with van der Waals surface area (Å²) in [7, 11) is 1.56. The zero-order valence-electron chi connectivity index (χ0n) is 22.3. The highest BCUT2D eigenvalue weighted by Crippen LogP contribution is 2.46. The van der Waals surface area contributed by atoms with E-state index in [9.17, 15) is 24.9 Å². The Morgan fingerprint density at radius 1 is 1.26 bits per heavy atom. The summed E-state index contributed by atoms with van der Waals surface area (Å²) in [5.41, 5.74) is 3.20. The van der Waals surface area contributed by atoms with Gasteiger partial charge in [0.2, 0.25) is 11.8 Å². The van der Waals surface area contributed by atoms with Crippen LogP contribution in [0.5, 0.6) is 5.75 Å². The third-order valence-electron chi connectivity index (χ3n) is 7.70. The number of likely N-dealkylation sites (tertiary alicyclic amines) is 1. The Kier molecular flexibility index (Phi) is 10.2. The molecule has 4 rings (SSSR count). The largest absolute Gasteiger partial charge is 0.507 e. The number of aliphatic hydroxyl groups is 2. The second kappa shape index (κ2) is 13.4. The van der Waals surface area contributed by atoms with Crippen LogP contribution in [0.1, 0.15) is 49.5 Å². The fourth-order valence-corrected chi connectivity index (χ4v) is 7.05. The van der Waals surface area contributed by atoms with E-state index in [1.54, 1.807) is 19.2 Å². The van der Waals surface area contributed by atoms with Crippen LogP contribution in [0.25, 0.3) is 6.08 Å². The minimum absolute atomic E-state index is 0.188. The number of imide groups is 1. The van der Waals surface area contributed by atoms with Gasteiger partial charge in [0, 0.05) is 27.9 Å². The maximum atomic E-state index is 13.5. The van der Waals surface area contributed by atoms with Gasteiger partial charge in [-0.15, -0.1) is 11.3 Å². The van der Waals surface area contributed by atoms with Crippen molar-refractivity contribution in [3.63, 3.8) is 0 Å². The second-order valence-electron chi connectivity index (χ2n) is 10.3. The van der Waals surface area contributed by atoms with Crippen LogP contribution < -0.4 is 0 Å². The van der Waals surface area contributed by atoms with Gasteiger partial charge in [0.05, 0.1) is 37.7 Å². The molecular weight excluding hydrogens is 582 g/mol. The number of amides is 2. The van der Waals surface area contributed by atoms with Gasteiger partial charge in [0.15, 0.2) is 0 Å². The first-order valence-electron chi connectivity index (χ1n) is 13.3. The highest BCUT2D eigenvalue weighted by molar-refractivity contribution is 9.10. The molecule has 0 unspecified atom stereocenters. The summed E-state index contributed by atoms with van der Waals surface area (Å²) in [6, 6.07) is 9.06. The Hall–Kier alpha value is -2.30. The lowest BCUT2D eigenvalue weighted by atomic mass is 9.68. The number of hydrogen-bond acceptors (Lipinski definition) is 7. The van der Waals surface area contributed by atoms with Crippen LogP contribution in [0.4, 0.5) is 0 Å². The first kappa shape index (κ1) is 29.7. The van der Waals surface area contributed by atoms with Gasteiger partial charge in [-0.3, -0.25) is 14.5 Å². The first-order valence-corrected chi connectivity index (χ1v) is 15.0. The molecular formula is C30H36BrNO6S. The van der Waals surface area contributed by atoms with Gasteiger partial charge >= 0.3 is 0 Å². The quantitative estimate of drug-likeness (QED) is 0.220. The molecule has 1 aromatic carbocycles. The van der Waals surface area contributed by atoms with E-state index in [2.05, 4.69) is 22.9 Å². The third kappa shape index (κ3) is 6.55. The van der Waals surface area contributed by atoms with Crippen molar-refractivity contribution in [3.8, 4) is 5.75 Å². The fraction of sp³-hybridized carbons (Fsp3) is 0.467. The number of allylic oxidation sites excluding steroid dienone is 1. The predicted octanol–water partition coefficient (Wildman–Crippen LogP) is 5.30. The number of carbonyl (C=O) groups excluding carboxylic acids is 2. The van der Waals surface area contributed by atoms with Crippen molar-refractivity contribution in [1.82, 2.24) is 4.90 Å². The van der Waals surface area contributed by atoms with Crippen LogP contribution in [0, 0.1) is 17.8 Å². The zero-order chi connectivity index (χ0) is 28.1. The van der Waals surface area contributed by atoms with Crippen molar-refractivity contribution in [2.45, 2.75) is 51.7 Å². The fourth-order valence-electron chi connectivity index (χ4n) is 5.97. The van der Waals surface area contributed by atoms with Crippen LogP contribution in [-0.4, -0.2) is 58.5 Å². The maximum absolute atomic E-state index is 13.5. The summed E-state index contributed by atoms with van der Waals surface area (Å²) in [6.45, 7) is 2.20. The summed E-state index contributed by atoms with van der Waals surface area (Å²) in [5.74, 6) is -2.23. The van der Waals surface area contributed by atoms with Crippen molar-refractivity contribution in [2.75, 3.05) is 20.3 Å². The number of hydrogen-bond donors (Lipinski definition) is 3. The number of carbonyl (C=O) groups is 2. The molecule has 0 saturated carbocycles. The van der Waals surface area contributed by atoms with E-state index < -0.39 is 23.9 Å². The number of aromatic hydroxyl groups is 1. The monoisotopic (exact) mass is 617 g/mol. The number of halogens is 1. The molecule has 2 amide bonds. The molecule has 0 radical (unpaired) electrons. The topological polar surface area (TPSA) is 107 Å². The Labute approximate surface area is 241 Å². The number of nitrogens with zero attached hydrogens (tertiary/aromatic N) is 1. The number of ether oxygens (including phenoxy) is 1. The summed E-state index contributed by atoms with van der Waals surface area (Å²) >= 11 is 4.94. The van der Waals surface area contributed by atoms with Gasteiger partial charge in [-0.05, 0) is 66.5 Å². The molecule has 1 aliphatic heterocycles. The average Bonchev–Trinajstić information content (AvgIpc) is 3.51. The maximum Gasteiger partial charge on any atom is 0.234 e. The minimum Gasteiger partial charge on any atom is -0.507 e. The van der Waals surface area contributed by atoms with E-state index >= 15 is 0 Å². The Balaban J connectivity index is 1.58. The molecule has 9 heteroatoms. The van der Waals surface area contributed by atoms with Crippen molar-refractivity contribution in [3.05, 3.63) is 67.3 Å². The molecule has 1 aliphatic carbocycles. The Morgan fingerprint density at radius 2 is 2.05 bits per heavy atom. The number of fused-ring (bicyclic) bond motifs is 1. The predicted molar refractivity (Wildman–Crippen MR) is 155 cm³/mol. The SMILES string of the molecule is CCC/C(=C\c1cc(Br)ccc1O)CC[C@@H](O)C1=C(COC)C[C@H]2C(=O)N(Cc3cccs3)C(=O)[C@H]2[C@H]1CO. The van der Waals surface area contributed by atoms with Crippen molar-refractivity contribution in [1.29, 1.82) is 0 Å². The number of rotatable bonds is 12. The van der Waals surface area contributed by atoms with Crippen LogP contribution in [0.2, 0.25) is 0 Å². The van der Waals surface area contributed by atoms with Crippen LogP contribution >= 0.6 is 27.3 Å². The molecule has 1 fully saturated rings. The van der Waals surface area contributed by atoms with Crippen LogP contribution in [-0.2, 0) is 20.9 Å². The molecule has 2 heterocycles. The molecule has 2 aliphatic rings.